The third kappa shape index (κ3) is 2.27. The Balaban J connectivity index is 1.82. The molecule has 0 saturated carbocycles. The molecule has 0 spiro atoms. The van der Waals surface area contributed by atoms with Crippen molar-refractivity contribution < 1.29 is 0 Å². The van der Waals surface area contributed by atoms with Gasteiger partial charge >= 0.3 is 0 Å². The molecule has 1 N–H and O–H groups in total. The first kappa shape index (κ1) is 11.0. The van der Waals surface area contributed by atoms with Crippen LogP contribution >= 0.6 is 0 Å². The lowest BCUT2D eigenvalue weighted by Gasteiger charge is -2.28. The summed E-state index contributed by atoms with van der Waals surface area (Å²) < 4.78 is 0. The number of aromatic nitrogens is 2. The van der Waals surface area contributed by atoms with E-state index in [2.05, 4.69) is 28.3 Å². The average Bonchev–Trinajstić information content (AvgIpc) is 2.39. The third-order valence-electron chi connectivity index (χ3n) is 3.78. The Bertz CT molecular complexity index is 398. The van der Waals surface area contributed by atoms with Crippen LogP contribution in [0.15, 0.2) is 6.20 Å². The van der Waals surface area contributed by atoms with Crippen LogP contribution in [0.1, 0.15) is 24.6 Å². The number of fused-ring (bicyclic) bond motifs is 1. The van der Waals surface area contributed by atoms with Crippen molar-refractivity contribution in [3.63, 3.8) is 0 Å². The highest BCUT2D eigenvalue weighted by Crippen LogP contribution is 2.24. The van der Waals surface area contributed by atoms with Crippen molar-refractivity contribution in [2.75, 3.05) is 31.1 Å². The van der Waals surface area contributed by atoms with Crippen LogP contribution in [-0.4, -0.2) is 36.1 Å². The standard InChI is InChI=1S/C13H20N4/c1-10-2-3-12-11(8-10)9-15-13(16-12)17-6-4-14-5-7-17/h9-10,14H,2-8H2,1H3. The van der Waals surface area contributed by atoms with Crippen molar-refractivity contribution in [1.82, 2.24) is 15.3 Å². The van der Waals surface area contributed by atoms with E-state index in [0.717, 1.165) is 50.9 Å². The van der Waals surface area contributed by atoms with Crippen LogP contribution in [0.25, 0.3) is 0 Å². The van der Waals surface area contributed by atoms with Crippen molar-refractivity contribution in [3.8, 4) is 0 Å². The predicted molar refractivity (Wildman–Crippen MR) is 68.3 cm³/mol. The summed E-state index contributed by atoms with van der Waals surface area (Å²) in [5, 5.41) is 3.36. The van der Waals surface area contributed by atoms with E-state index in [-0.39, 0.29) is 0 Å². The number of nitrogens with zero attached hydrogens (tertiary/aromatic N) is 3. The van der Waals surface area contributed by atoms with E-state index in [9.17, 15) is 0 Å². The molecule has 0 radical (unpaired) electrons. The molecular weight excluding hydrogens is 212 g/mol. The lowest BCUT2D eigenvalue weighted by atomic mass is 9.89. The van der Waals surface area contributed by atoms with Crippen molar-refractivity contribution in [3.05, 3.63) is 17.5 Å². The van der Waals surface area contributed by atoms with Gasteiger partial charge in [0, 0.05) is 38.1 Å². The van der Waals surface area contributed by atoms with Gasteiger partial charge in [0.1, 0.15) is 0 Å². The van der Waals surface area contributed by atoms with Gasteiger partial charge in [-0.05, 0) is 30.7 Å². The molecule has 4 nitrogen and oxygen atoms in total. The molecule has 1 aliphatic carbocycles. The number of hydrogen-bond acceptors (Lipinski definition) is 4. The number of hydrogen-bond donors (Lipinski definition) is 1. The zero-order chi connectivity index (χ0) is 11.7. The van der Waals surface area contributed by atoms with Gasteiger partial charge in [-0.15, -0.1) is 0 Å². The Kier molecular flexibility index (Phi) is 2.97. The second-order valence-electron chi connectivity index (χ2n) is 5.23. The molecule has 1 saturated heterocycles. The maximum atomic E-state index is 4.76. The van der Waals surface area contributed by atoms with Gasteiger partial charge in [0.25, 0.3) is 0 Å². The van der Waals surface area contributed by atoms with E-state index in [1.54, 1.807) is 0 Å². The maximum absolute atomic E-state index is 4.76. The Labute approximate surface area is 102 Å². The summed E-state index contributed by atoms with van der Waals surface area (Å²) in [6, 6.07) is 0. The molecule has 2 heterocycles. The molecule has 1 aliphatic heterocycles. The summed E-state index contributed by atoms with van der Waals surface area (Å²) in [6.45, 7) is 6.44. The summed E-state index contributed by atoms with van der Waals surface area (Å²) in [5.74, 6) is 1.72. The lowest BCUT2D eigenvalue weighted by molar-refractivity contribution is 0.490. The molecule has 0 bridgehead atoms. The van der Waals surface area contributed by atoms with Crippen LogP contribution in [-0.2, 0) is 12.8 Å². The molecule has 1 aromatic rings. The van der Waals surface area contributed by atoms with Crippen molar-refractivity contribution in [2.45, 2.75) is 26.2 Å². The molecule has 4 heteroatoms. The minimum Gasteiger partial charge on any atom is -0.338 e. The first-order valence-corrected chi connectivity index (χ1v) is 6.63. The smallest absolute Gasteiger partial charge is 0.225 e. The zero-order valence-electron chi connectivity index (χ0n) is 10.4. The molecular formula is C13H20N4. The molecule has 1 unspecified atom stereocenters. The van der Waals surface area contributed by atoms with Gasteiger partial charge in [0.15, 0.2) is 0 Å². The van der Waals surface area contributed by atoms with Crippen LogP contribution in [0.4, 0.5) is 5.95 Å². The Morgan fingerprint density at radius 3 is 3.00 bits per heavy atom. The summed E-state index contributed by atoms with van der Waals surface area (Å²) >= 11 is 0. The minimum absolute atomic E-state index is 0.788. The third-order valence-corrected chi connectivity index (χ3v) is 3.78. The van der Waals surface area contributed by atoms with E-state index in [1.165, 1.54) is 17.7 Å². The Hall–Kier alpha value is -1.16. The molecule has 1 fully saturated rings. The lowest BCUT2D eigenvalue weighted by Crippen LogP contribution is -2.44. The van der Waals surface area contributed by atoms with E-state index in [0.29, 0.717) is 0 Å². The fraction of sp³-hybridized carbons (Fsp3) is 0.692. The van der Waals surface area contributed by atoms with Crippen LogP contribution in [0.3, 0.4) is 0 Å². The number of rotatable bonds is 1. The van der Waals surface area contributed by atoms with Crippen LogP contribution in [0.5, 0.6) is 0 Å². The van der Waals surface area contributed by atoms with Crippen LogP contribution in [0, 0.1) is 5.92 Å². The topological polar surface area (TPSA) is 41.1 Å². The summed E-state index contributed by atoms with van der Waals surface area (Å²) in [6.07, 6.45) is 5.59. The molecule has 3 rings (SSSR count). The molecule has 92 valence electrons. The van der Waals surface area contributed by atoms with Gasteiger partial charge in [-0.25, -0.2) is 9.97 Å². The summed E-state index contributed by atoms with van der Waals surface area (Å²) in [5.41, 5.74) is 2.65. The quantitative estimate of drug-likeness (QED) is 0.784. The molecule has 1 atom stereocenters. The molecule has 2 aliphatic rings. The number of nitrogens with one attached hydrogen (secondary N) is 1. The Morgan fingerprint density at radius 1 is 1.35 bits per heavy atom. The van der Waals surface area contributed by atoms with Crippen LogP contribution in [0.2, 0.25) is 0 Å². The monoisotopic (exact) mass is 232 g/mol. The highest BCUT2D eigenvalue weighted by Gasteiger charge is 2.19. The number of anilines is 1. The van der Waals surface area contributed by atoms with E-state index in [4.69, 9.17) is 4.98 Å². The molecule has 17 heavy (non-hydrogen) atoms. The van der Waals surface area contributed by atoms with Gasteiger partial charge in [-0.1, -0.05) is 6.92 Å². The minimum atomic E-state index is 0.788. The number of aryl methyl sites for hydroxylation is 1. The largest absolute Gasteiger partial charge is 0.338 e. The second kappa shape index (κ2) is 4.61. The first-order valence-electron chi connectivity index (χ1n) is 6.63. The van der Waals surface area contributed by atoms with Gasteiger partial charge in [0.2, 0.25) is 5.95 Å². The summed E-state index contributed by atoms with van der Waals surface area (Å²) in [4.78, 5) is 11.6. The SMILES string of the molecule is CC1CCc2nc(N3CCNCC3)ncc2C1. The highest BCUT2D eigenvalue weighted by atomic mass is 15.3. The Morgan fingerprint density at radius 2 is 2.18 bits per heavy atom. The first-order chi connectivity index (χ1) is 8.33. The molecule has 1 aromatic heterocycles. The van der Waals surface area contributed by atoms with Crippen molar-refractivity contribution >= 4 is 5.95 Å². The van der Waals surface area contributed by atoms with E-state index in [1.807, 2.05) is 0 Å². The van der Waals surface area contributed by atoms with Gasteiger partial charge in [0.05, 0.1) is 0 Å². The van der Waals surface area contributed by atoms with Gasteiger partial charge < -0.3 is 10.2 Å². The van der Waals surface area contributed by atoms with Gasteiger partial charge in [-0.2, -0.15) is 0 Å². The number of piperazine rings is 1. The van der Waals surface area contributed by atoms with Crippen molar-refractivity contribution in [2.24, 2.45) is 5.92 Å². The molecule has 0 aromatic carbocycles. The van der Waals surface area contributed by atoms with E-state index >= 15 is 0 Å². The second-order valence-corrected chi connectivity index (χ2v) is 5.23. The maximum Gasteiger partial charge on any atom is 0.225 e. The fourth-order valence-electron chi connectivity index (χ4n) is 2.70. The fourth-order valence-corrected chi connectivity index (χ4v) is 2.70. The zero-order valence-corrected chi connectivity index (χ0v) is 10.4. The normalized spacial score (nSPS) is 24.5. The van der Waals surface area contributed by atoms with E-state index < -0.39 is 0 Å². The summed E-state index contributed by atoms with van der Waals surface area (Å²) in [7, 11) is 0. The highest BCUT2D eigenvalue weighted by molar-refractivity contribution is 5.35. The van der Waals surface area contributed by atoms with Gasteiger partial charge in [-0.3, -0.25) is 0 Å². The predicted octanol–water partition coefficient (Wildman–Crippen LogP) is 1.01. The van der Waals surface area contributed by atoms with Crippen molar-refractivity contribution in [1.29, 1.82) is 0 Å². The van der Waals surface area contributed by atoms with Crippen LogP contribution < -0.4 is 10.2 Å². The average molecular weight is 232 g/mol. The molecule has 0 amide bonds.